The van der Waals surface area contributed by atoms with Crippen LogP contribution in [0.2, 0.25) is 5.02 Å². The number of aryl methyl sites for hydroxylation is 1. The average Bonchev–Trinajstić information content (AvgIpc) is 2.84. The highest BCUT2D eigenvalue weighted by Crippen LogP contribution is 2.19. The summed E-state index contributed by atoms with van der Waals surface area (Å²) in [6.45, 7) is 2.79. The summed E-state index contributed by atoms with van der Waals surface area (Å²) < 4.78 is 6.34. The topological polar surface area (TPSA) is 83.0 Å². The number of methoxy groups -OCH3 is 1. The van der Waals surface area contributed by atoms with E-state index in [4.69, 9.17) is 22.1 Å². The monoisotopic (exact) mass is 308 g/mol. The Morgan fingerprint density at radius 1 is 1.48 bits per heavy atom. The van der Waals surface area contributed by atoms with Crippen LogP contribution in [0.15, 0.2) is 18.2 Å². The molecule has 0 spiro atoms. The van der Waals surface area contributed by atoms with Crippen LogP contribution >= 0.6 is 11.6 Å². The third-order valence-corrected chi connectivity index (χ3v) is 3.48. The zero-order valence-electron chi connectivity index (χ0n) is 12.0. The molecule has 0 aliphatic heterocycles. The van der Waals surface area contributed by atoms with E-state index in [1.54, 1.807) is 4.68 Å². The second kappa shape index (κ2) is 6.69. The number of aromatic nitrogens is 3. The molecule has 2 aromatic rings. The van der Waals surface area contributed by atoms with Crippen molar-refractivity contribution in [3.8, 4) is 0 Å². The Balaban J connectivity index is 2.35. The highest BCUT2D eigenvalue weighted by atomic mass is 35.5. The van der Waals surface area contributed by atoms with E-state index < -0.39 is 5.97 Å². The van der Waals surface area contributed by atoms with Crippen LogP contribution < -0.4 is 5.73 Å². The van der Waals surface area contributed by atoms with Crippen LogP contribution in [0, 0.1) is 6.92 Å². The van der Waals surface area contributed by atoms with Gasteiger partial charge in [0.15, 0.2) is 5.69 Å². The molecule has 1 aromatic carbocycles. The van der Waals surface area contributed by atoms with Crippen LogP contribution in [0.4, 0.5) is 0 Å². The minimum absolute atomic E-state index is 0.200. The number of halogens is 1. The summed E-state index contributed by atoms with van der Waals surface area (Å²) in [5, 5.41) is 8.56. The number of nitrogens with zero attached hydrogens (tertiary/aromatic N) is 3. The molecule has 0 aliphatic carbocycles. The summed E-state index contributed by atoms with van der Waals surface area (Å²) in [6, 6.07) is 5.79. The van der Waals surface area contributed by atoms with E-state index in [1.165, 1.54) is 7.11 Å². The quantitative estimate of drug-likeness (QED) is 0.848. The minimum atomic E-state index is -0.514. The number of carbonyl (C=O) groups excluding carboxylic acids is 1. The molecule has 2 rings (SSSR count). The molecule has 0 fully saturated rings. The SMILES string of the molecule is COC(=O)c1nnn(Cc2ccc(C)cc2Cl)c1CCN. The van der Waals surface area contributed by atoms with Gasteiger partial charge in [0.25, 0.3) is 0 Å². The van der Waals surface area contributed by atoms with Crippen LogP contribution in [0.1, 0.15) is 27.3 Å². The lowest BCUT2D eigenvalue weighted by Gasteiger charge is -2.09. The predicted molar refractivity (Wildman–Crippen MR) is 79.4 cm³/mol. The summed E-state index contributed by atoms with van der Waals surface area (Å²) in [4.78, 5) is 11.7. The van der Waals surface area contributed by atoms with Gasteiger partial charge in [0, 0.05) is 11.4 Å². The average molecular weight is 309 g/mol. The van der Waals surface area contributed by atoms with E-state index in [0.29, 0.717) is 30.2 Å². The number of nitrogens with two attached hydrogens (primary N) is 1. The fourth-order valence-corrected chi connectivity index (χ4v) is 2.34. The molecule has 0 amide bonds. The van der Waals surface area contributed by atoms with Gasteiger partial charge in [0.05, 0.1) is 19.3 Å². The first-order valence-electron chi connectivity index (χ1n) is 6.52. The maximum Gasteiger partial charge on any atom is 0.360 e. The Morgan fingerprint density at radius 3 is 2.86 bits per heavy atom. The van der Waals surface area contributed by atoms with Gasteiger partial charge in [-0.15, -0.1) is 5.10 Å². The molecule has 0 unspecified atom stereocenters. The fourth-order valence-electron chi connectivity index (χ4n) is 2.04. The molecule has 7 heteroatoms. The van der Waals surface area contributed by atoms with Crippen LogP contribution in [0.25, 0.3) is 0 Å². The zero-order chi connectivity index (χ0) is 15.4. The summed E-state index contributed by atoms with van der Waals surface area (Å²) in [7, 11) is 1.31. The predicted octanol–water partition coefficient (Wildman–Crippen LogP) is 1.58. The van der Waals surface area contributed by atoms with Gasteiger partial charge < -0.3 is 10.5 Å². The molecule has 21 heavy (non-hydrogen) atoms. The maximum atomic E-state index is 11.7. The number of rotatable bonds is 5. The Labute approximate surface area is 127 Å². The summed E-state index contributed by atoms with van der Waals surface area (Å²) in [6.07, 6.45) is 0.487. The molecule has 0 aliphatic rings. The number of carbonyl (C=O) groups is 1. The lowest BCUT2D eigenvalue weighted by Crippen LogP contribution is -2.15. The van der Waals surface area contributed by atoms with Crippen molar-refractivity contribution in [1.29, 1.82) is 0 Å². The van der Waals surface area contributed by atoms with Crippen molar-refractivity contribution in [2.24, 2.45) is 5.73 Å². The highest BCUT2D eigenvalue weighted by Gasteiger charge is 2.20. The zero-order valence-corrected chi connectivity index (χ0v) is 12.7. The Morgan fingerprint density at radius 2 is 2.24 bits per heavy atom. The van der Waals surface area contributed by atoms with Crippen molar-refractivity contribution in [2.45, 2.75) is 19.9 Å². The lowest BCUT2D eigenvalue weighted by atomic mass is 10.1. The van der Waals surface area contributed by atoms with Crippen molar-refractivity contribution in [3.63, 3.8) is 0 Å². The minimum Gasteiger partial charge on any atom is -0.464 e. The van der Waals surface area contributed by atoms with Crippen molar-refractivity contribution < 1.29 is 9.53 Å². The van der Waals surface area contributed by atoms with Crippen molar-refractivity contribution in [1.82, 2.24) is 15.0 Å². The van der Waals surface area contributed by atoms with E-state index in [9.17, 15) is 4.79 Å². The molecule has 1 aromatic heterocycles. The molecule has 1 heterocycles. The molecule has 0 saturated carbocycles. The Bertz CT molecular complexity index is 654. The number of hydrogen-bond acceptors (Lipinski definition) is 5. The first-order chi connectivity index (χ1) is 10.1. The Hall–Kier alpha value is -1.92. The summed E-state index contributed by atoms with van der Waals surface area (Å²) in [5.41, 5.74) is 8.44. The van der Waals surface area contributed by atoms with Gasteiger partial charge in [-0.25, -0.2) is 9.48 Å². The Kier molecular flexibility index (Phi) is 4.93. The van der Waals surface area contributed by atoms with Gasteiger partial charge in [-0.2, -0.15) is 0 Å². The third kappa shape index (κ3) is 3.40. The largest absolute Gasteiger partial charge is 0.464 e. The maximum absolute atomic E-state index is 11.7. The van der Waals surface area contributed by atoms with Gasteiger partial charge in [-0.05, 0) is 30.7 Å². The van der Waals surface area contributed by atoms with E-state index in [1.807, 2.05) is 25.1 Å². The number of ether oxygens (including phenoxy) is 1. The summed E-state index contributed by atoms with van der Waals surface area (Å²) in [5.74, 6) is -0.514. The molecule has 0 saturated heterocycles. The molecule has 0 radical (unpaired) electrons. The standard InChI is InChI=1S/C14H17ClN4O2/c1-9-3-4-10(11(15)7-9)8-19-12(5-6-16)13(17-18-19)14(20)21-2/h3-4,7H,5-6,8,16H2,1-2H3. The molecular weight excluding hydrogens is 292 g/mol. The van der Waals surface area contributed by atoms with E-state index in [0.717, 1.165) is 11.1 Å². The van der Waals surface area contributed by atoms with Crippen molar-refractivity contribution in [3.05, 3.63) is 45.7 Å². The van der Waals surface area contributed by atoms with Gasteiger partial charge in [0.2, 0.25) is 0 Å². The number of esters is 1. The van der Waals surface area contributed by atoms with Crippen LogP contribution in [-0.4, -0.2) is 34.6 Å². The van der Waals surface area contributed by atoms with E-state index in [-0.39, 0.29) is 5.69 Å². The molecule has 6 nitrogen and oxygen atoms in total. The number of benzene rings is 1. The van der Waals surface area contributed by atoms with Gasteiger partial charge in [-0.1, -0.05) is 28.9 Å². The number of hydrogen-bond donors (Lipinski definition) is 1. The van der Waals surface area contributed by atoms with E-state index in [2.05, 4.69) is 10.3 Å². The first kappa shape index (κ1) is 15.5. The molecule has 0 atom stereocenters. The van der Waals surface area contributed by atoms with Gasteiger partial charge in [0.1, 0.15) is 0 Å². The summed E-state index contributed by atoms with van der Waals surface area (Å²) >= 11 is 6.23. The van der Waals surface area contributed by atoms with Gasteiger partial charge in [-0.3, -0.25) is 0 Å². The smallest absolute Gasteiger partial charge is 0.360 e. The normalized spacial score (nSPS) is 10.7. The lowest BCUT2D eigenvalue weighted by molar-refractivity contribution is 0.0592. The van der Waals surface area contributed by atoms with Gasteiger partial charge >= 0.3 is 5.97 Å². The second-order valence-corrected chi connectivity index (χ2v) is 5.07. The van der Waals surface area contributed by atoms with E-state index >= 15 is 0 Å². The molecule has 112 valence electrons. The molecule has 0 bridgehead atoms. The van der Waals surface area contributed by atoms with Crippen LogP contribution in [0.5, 0.6) is 0 Å². The van der Waals surface area contributed by atoms with Crippen molar-refractivity contribution >= 4 is 17.6 Å². The second-order valence-electron chi connectivity index (χ2n) is 4.67. The molecule has 2 N–H and O–H groups in total. The van der Waals surface area contributed by atoms with Crippen molar-refractivity contribution in [2.75, 3.05) is 13.7 Å². The fraction of sp³-hybridized carbons (Fsp3) is 0.357. The highest BCUT2D eigenvalue weighted by molar-refractivity contribution is 6.31. The van der Waals surface area contributed by atoms with Crippen LogP contribution in [-0.2, 0) is 17.7 Å². The molecular formula is C14H17ClN4O2. The van der Waals surface area contributed by atoms with Crippen LogP contribution in [0.3, 0.4) is 0 Å². The third-order valence-electron chi connectivity index (χ3n) is 3.13. The first-order valence-corrected chi connectivity index (χ1v) is 6.90.